The average molecular weight is 282 g/mol. The molecule has 0 aromatic heterocycles. The topological polar surface area (TPSA) is 37.4 Å². The van der Waals surface area contributed by atoms with Crippen molar-refractivity contribution in [2.75, 3.05) is 6.54 Å². The van der Waals surface area contributed by atoms with Gasteiger partial charge in [0, 0.05) is 11.0 Å². The lowest BCUT2D eigenvalue weighted by Crippen LogP contribution is -2.28. The lowest BCUT2D eigenvalue weighted by Gasteiger charge is -2.22. The van der Waals surface area contributed by atoms with Crippen LogP contribution in [0.4, 0.5) is 0 Å². The van der Waals surface area contributed by atoms with Crippen LogP contribution in [0.15, 0.2) is 28.7 Å². The summed E-state index contributed by atoms with van der Waals surface area (Å²) in [4.78, 5) is 25.0. The Bertz CT molecular complexity index is 444. The van der Waals surface area contributed by atoms with Crippen LogP contribution in [0.2, 0.25) is 0 Å². The van der Waals surface area contributed by atoms with E-state index in [4.69, 9.17) is 0 Å². The number of rotatable bonds is 2. The van der Waals surface area contributed by atoms with Crippen LogP contribution in [0.5, 0.6) is 0 Å². The van der Waals surface area contributed by atoms with Crippen molar-refractivity contribution in [2.45, 2.75) is 19.4 Å². The molecule has 4 heteroatoms. The summed E-state index contributed by atoms with van der Waals surface area (Å²) in [5.74, 6) is -0.0811. The number of Topliss-reactive ketones (excluding diaryl/α,β-unsaturated/α-hetero) is 1. The molecule has 2 rings (SSSR count). The fourth-order valence-electron chi connectivity index (χ4n) is 2.07. The highest BCUT2D eigenvalue weighted by Crippen LogP contribution is 2.30. The monoisotopic (exact) mass is 281 g/mol. The van der Waals surface area contributed by atoms with Crippen LogP contribution in [0, 0.1) is 0 Å². The SMILES string of the molecule is CCN1C(=O)CC(=O)C1c1cccc(Br)c1. The fourth-order valence-corrected chi connectivity index (χ4v) is 2.48. The number of amides is 1. The molecule has 1 aliphatic heterocycles. The summed E-state index contributed by atoms with van der Waals surface area (Å²) >= 11 is 3.37. The van der Waals surface area contributed by atoms with E-state index in [2.05, 4.69) is 15.9 Å². The Morgan fingerprint density at radius 3 is 2.81 bits per heavy atom. The van der Waals surface area contributed by atoms with Gasteiger partial charge >= 0.3 is 0 Å². The van der Waals surface area contributed by atoms with Gasteiger partial charge in [0.1, 0.15) is 6.04 Å². The molecular weight excluding hydrogens is 270 g/mol. The number of ketones is 1. The summed E-state index contributed by atoms with van der Waals surface area (Å²) in [5, 5.41) is 0. The van der Waals surface area contributed by atoms with Gasteiger partial charge in [0.25, 0.3) is 0 Å². The van der Waals surface area contributed by atoms with E-state index in [1.807, 2.05) is 31.2 Å². The van der Waals surface area contributed by atoms with Gasteiger partial charge < -0.3 is 4.90 Å². The second-order valence-corrected chi connectivity index (χ2v) is 4.70. The molecule has 1 aliphatic rings. The maximum atomic E-state index is 11.8. The van der Waals surface area contributed by atoms with Gasteiger partial charge in [-0.2, -0.15) is 0 Å². The van der Waals surface area contributed by atoms with Crippen molar-refractivity contribution in [2.24, 2.45) is 0 Å². The molecule has 0 N–H and O–H groups in total. The molecule has 84 valence electrons. The second-order valence-electron chi connectivity index (χ2n) is 3.78. The predicted octanol–water partition coefficient (Wildman–Crippen LogP) is 2.31. The molecule has 0 spiro atoms. The summed E-state index contributed by atoms with van der Waals surface area (Å²) in [6, 6.07) is 7.16. The summed E-state index contributed by atoms with van der Waals surface area (Å²) in [6.45, 7) is 2.46. The number of hydrogen-bond acceptors (Lipinski definition) is 2. The van der Waals surface area contributed by atoms with Crippen LogP contribution >= 0.6 is 15.9 Å². The zero-order valence-electron chi connectivity index (χ0n) is 8.94. The lowest BCUT2D eigenvalue weighted by molar-refractivity contribution is -0.128. The molecule has 1 aromatic rings. The van der Waals surface area contributed by atoms with E-state index in [0.29, 0.717) is 6.54 Å². The number of likely N-dealkylation sites (N-methyl/N-ethyl adjacent to an activating group) is 1. The van der Waals surface area contributed by atoms with Crippen LogP contribution in [0.25, 0.3) is 0 Å². The molecule has 1 fully saturated rings. The first-order valence-corrected chi connectivity index (χ1v) is 6.00. The highest BCUT2D eigenvalue weighted by molar-refractivity contribution is 9.10. The van der Waals surface area contributed by atoms with Crippen molar-refractivity contribution in [3.05, 3.63) is 34.3 Å². The molecule has 1 amide bonds. The molecule has 1 heterocycles. The number of likely N-dealkylation sites (tertiary alicyclic amines) is 1. The molecule has 16 heavy (non-hydrogen) atoms. The molecule has 3 nitrogen and oxygen atoms in total. The van der Waals surface area contributed by atoms with Gasteiger partial charge in [-0.15, -0.1) is 0 Å². The Morgan fingerprint density at radius 1 is 1.44 bits per heavy atom. The molecule has 0 aliphatic carbocycles. The number of nitrogens with zero attached hydrogens (tertiary/aromatic N) is 1. The summed E-state index contributed by atoms with van der Waals surface area (Å²) in [6.07, 6.45) is 0.0328. The third-order valence-electron chi connectivity index (χ3n) is 2.77. The zero-order valence-corrected chi connectivity index (χ0v) is 10.5. The highest BCUT2D eigenvalue weighted by Gasteiger charge is 2.38. The average Bonchev–Trinajstić information content (AvgIpc) is 2.52. The van der Waals surface area contributed by atoms with Crippen molar-refractivity contribution in [3.63, 3.8) is 0 Å². The van der Waals surface area contributed by atoms with Crippen molar-refractivity contribution >= 4 is 27.6 Å². The molecule has 0 radical (unpaired) electrons. The molecule has 1 aromatic carbocycles. The van der Waals surface area contributed by atoms with Crippen LogP contribution in [-0.4, -0.2) is 23.1 Å². The first-order chi connectivity index (χ1) is 7.63. The molecular formula is C12H12BrNO2. The Kier molecular flexibility index (Phi) is 3.10. The lowest BCUT2D eigenvalue weighted by atomic mass is 10.0. The van der Waals surface area contributed by atoms with Gasteiger partial charge in [-0.1, -0.05) is 28.1 Å². The zero-order chi connectivity index (χ0) is 11.7. The minimum atomic E-state index is -0.394. The van der Waals surface area contributed by atoms with E-state index >= 15 is 0 Å². The largest absolute Gasteiger partial charge is 0.328 e. The molecule has 0 bridgehead atoms. The van der Waals surface area contributed by atoms with Crippen LogP contribution in [0.3, 0.4) is 0 Å². The maximum Gasteiger partial charge on any atom is 0.230 e. The summed E-state index contributed by atoms with van der Waals surface area (Å²) in [5.41, 5.74) is 0.882. The van der Waals surface area contributed by atoms with E-state index in [1.54, 1.807) is 4.90 Å². The normalized spacial score (nSPS) is 20.6. The Morgan fingerprint density at radius 2 is 2.19 bits per heavy atom. The number of carbonyl (C=O) groups is 2. The van der Waals surface area contributed by atoms with Crippen molar-refractivity contribution in [1.82, 2.24) is 4.90 Å². The van der Waals surface area contributed by atoms with Crippen LogP contribution < -0.4 is 0 Å². The van der Waals surface area contributed by atoms with Gasteiger partial charge in [-0.05, 0) is 24.6 Å². The Labute approximate surface area is 103 Å². The molecule has 1 saturated heterocycles. The van der Waals surface area contributed by atoms with E-state index in [1.165, 1.54) is 0 Å². The van der Waals surface area contributed by atoms with Gasteiger partial charge in [-0.25, -0.2) is 0 Å². The number of benzene rings is 1. The maximum absolute atomic E-state index is 11.8. The van der Waals surface area contributed by atoms with Crippen LogP contribution in [0.1, 0.15) is 24.9 Å². The van der Waals surface area contributed by atoms with E-state index in [9.17, 15) is 9.59 Å². The van der Waals surface area contributed by atoms with Gasteiger partial charge in [0.2, 0.25) is 5.91 Å². The van der Waals surface area contributed by atoms with Crippen molar-refractivity contribution in [3.8, 4) is 0 Å². The highest BCUT2D eigenvalue weighted by atomic mass is 79.9. The van der Waals surface area contributed by atoms with E-state index in [0.717, 1.165) is 10.0 Å². The standard InChI is InChI=1S/C12H12BrNO2/c1-2-14-11(16)7-10(15)12(14)8-4-3-5-9(13)6-8/h3-6,12H,2,7H2,1H3. The summed E-state index contributed by atoms with van der Waals surface area (Å²) in [7, 11) is 0. The third-order valence-corrected chi connectivity index (χ3v) is 3.26. The van der Waals surface area contributed by atoms with Gasteiger partial charge in [0.15, 0.2) is 5.78 Å². The molecule has 0 saturated carbocycles. The molecule has 1 unspecified atom stereocenters. The van der Waals surface area contributed by atoms with Crippen LogP contribution in [-0.2, 0) is 9.59 Å². The summed E-state index contributed by atoms with van der Waals surface area (Å²) < 4.78 is 0.924. The van der Waals surface area contributed by atoms with Crippen molar-refractivity contribution in [1.29, 1.82) is 0 Å². The smallest absolute Gasteiger partial charge is 0.230 e. The fraction of sp³-hybridized carbons (Fsp3) is 0.333. The minimum absolute atomic E-state index is 0.00931. The predicted molar refractivity (Wildman–Crippen MR) is 63.9 cm³/mol. The number of halogens is 1. The first-order valence-electron chi connectivity index (χ1n) is 5.21. The van der Waals surface area contributed by atoms with E-state index in [-0.39, 0.29) is 18.1 Å². The first kappa shape index (κ1) is 11.3. The minimum Gasteiger partial charge on any atom is -0.328 e. The number of carbonyl (C=O) groups excluding carboxylic acids is 2. The quantitative estimate of drug-likeness (QED) is 0.781. The Hall–Kier alpha value is -1.16. The Balaban J connectivity index is 2.39. The molecule has 1 atom stereocenters. The second kappa shape index (κ2) is 4.37. The van der Waals surface area contributed by atoms with Gasteiger partial charge in [0.05, 0.1) is 6.42 Å². The van der Waals surface area contributed by atoms with Gasteiger partial charge in [-0.3, -0.25) is 9.59 Å². The van der Waals surface area contributed by atoms with Crippen molar-refractivity contribution < 1.29 is 9.59 Å². The van der Waals surface area contributed by atoms with E-state index < -0.39 is 6.04 Å². The number of hydrogen-bond donors (Lipinski definition) is 0. The third kappa shape index (κ3) is 1.89.